The van der Waals surface area contributed by atoms with Crippen LogP contribution in [0.15, 0.2) is 0 Å². The Balaban J connectivity index is 1.75. The van der Waals surface area contributed by atoms with Crippen molar-refractivity contribution in [3.63, 3.8) is 0 Å². The molecule has 1 saturated carbocycles. The molecule has 0 aromatic carbocycles. The van der Waals surface area contributed by atoms with Crippen LogP contribution >= 0.6 is 0 Å². The predicted molar refractivity (Wildman–Crippen MR) is 53.0 cm³/mol. The number of nitrogens with one attached hydrogen (secondary N) is 2. The molecule has 2 heterocycles. The van der Waals surface area contributed by atoms with Gasteiger partial charge in [-0.2, -0.15) is 0 Å². The van der Waals surface area contributed by atoms with Crippen LogP contribution in [0.1, 0.15) is 12.8 Å². The number of rotatable bonds is 1. The van der Waals surface area contributed by atoms with Crippen molar-refractivity contribution in [1.29, 1.82) is 0 Å². The van der Waals surface area contributed by atoms with Crippen molar-refractivity contribution in [2.75, 3.05) is 26.2 Å². The molecule has 4 heteroatoms. The Hall–Kier alpha value is -0.770. The molecule has 3 unspecified atom stereocenters. The van der Waals surface area contributed by atoms with Crippen molar-refractivity contribution < 1.29 is 4.79 Å². The van der Waals surface area contributed by atoms with Crippen molar-refractivity contribution in [1.82, 2.24) is 15.5 Å². The molecule has 2 aliphatic heterocycles. The summed E-state index contributed by atoms with van der Waals surface area (Å²) < 4.78 is 0. The largest absolute Gasteiger partial charge is 0.336 e. The minimum Gasteiger partial charge on any atom is -0.336 e. The van der Waals surface area contributed by atoms with E-state index in [4.69, 9.17) is 0 Å². The number of amides is 2. The number of urea groups is 1. The third kappa shape index (κ3) is 1.13. The molecule has 3 atom stereocenters. The lowest BCUT2D eigenvalue weighted by atomic mass is 9.97. The van der Waals surface area contributed by atoms with Gasteiger partial charge in [0.2, 0.25) is 0 Å². The highest BCUT2D eigenvalue weighted by Gasteiger charge is 2.44. The molecule has 3 rings (SSSR count). The van der Waals surface area contributed by atoms with Crippen LogP contribution in [0.3, 0.4) is 0 Å². The molecule has 0 aromatic heterocycles. The Bertz CT molecular complexity index is 256. The first-order valence-electron chi connectivity index (χ1n) is 5.61. The van der Waals surface area contributed by atoms with Gasteiger partial charge in [-0.3, -0.25) is 0 Å². The van der Waals surface area contributed by atoms with Crippen molar-refractivity contribution in [3.8, 4) is 0 Å². The summed E-state index contributed by atoms with van der Waals surface area (Å²) in [4.78, 5) is 13.6. The van der Waals surface area contributed by atoms with Crippen LogP contribution in [0.25, 0.3) is 0 Å². The molecule has 0 radical (unpaired) electrons. The SMILES string of the molecule is O=C1NCCN1C1CCC2CNCC21. The van der Waals surface area contributed by atoms with E-state index in [1.807, 2.05) is 0 Å². The second kappa shape index (κ2) is 3.12. The molecule has 3 aliphatic rings. The van der Waals surface area contributed by atoms with Crippen LogP contribution in [0, 0.1) is 11.8 Å². The Morgan fingerprint density at radius 2 is 2.21 bits per heavy atom. The third-order valence-electron chi connectivity index (χ3n) is 4.01. The molecule has 14 heavy (non-hydrogen) atoms. The molecule has 0 spiro atoms. The minimum atomic E-state index is 0.155. The smallest absolute Gasteiger partial charge is 0.317 e. The van der Waals surface area contributed by atoms with Gasteiger partial charge in [0.1, 0.15) is 0 Å². The van der Waals surface area contributed by atoms with E-state index in [1.54, 1.807) is 0 Å². The first-order chi connectivity index (χ1) is 6.86. The van der Waals surface area contributed by atoms with E-state index < -0.39 is 0 Å². The highest BCUT2D eigenvalue weighted by Crippen LogP contribution is 2.37. The maximum Gasteiger partial charge on any atom is 0.317 e. The zero-order valence-electron chi connectivity index (χ0n) is 8.33. The molecule has 78 valence electrons. The van der Waals surface area contributed by atoms with E-state index in [0.29, 0.717) is 6.04 Å². The molecule has 2 N–H and O–H groups in total. The van der Waals surface area contributed by atoms with Crippen LogP contribution in [0.5, 0.6) is 0 Å². The summed E-state index contributed by atoms with van der Waals surface area (Å²) in [7, 11) is 0. The number of fused-ring (bicyclic) bond motifs is 1. The lowest BCUT2D eigenvalue weighted by molar-refractivity contribution is 0.181. The third-order valence-corrected chi connectivity index (χ3v) is 4.01. The van der Waals surface area contributed by atoms with Crippen molar-refractivity contribution in [3.05, 3.63) is 0 Å². The number of hydrogen-bond acceptors (Lipinski definition) is 2. The van der Waals surface area contributed by atoms with E-state index in [1.165, 1.54) is 12.8 Å². The molecular formula is C10H17N3O. The van der Waals surface area contributed by atoms with Gasteiger partial charge in [0, 0.05) is 25.7 Å². The summed E-state index contributed by atoms with van der Waals surface area (Å²) in [5, 5.41) is 6.33. The quantitative estimate of drug-likeness (QED) is 0.619. The van der Waals surface area contributed by atoms with Crippen molar-refractivity contribution in [2.45, 2.75) is 18.9 Å². The zero-order valence-corrected chi connectivity index (χ0v) is 8.33. The maximum atomic E-state index is 11.5. The first-order valence-corrected chi connectivity index (χ1v) is 5.61. The number of nitrogens with zero attached hydrogens (tertiary/aromatic N) is 1. The van der Waals surface area contributed by atoms with Crippen LogP contribution < -0.4 is 10.6 Å². The van der Waals surface area contributed by atoms with Gasteiger partial charge in [0.15, 0.2) is 0 Å². The van der Waals surface area contributed by atoms with Crippen LogP contribution in [-0.2, 0) is 0 Å². The van der Waals surface area contributed by atoms with Crippen molar-refractivity contribution in [2.24, 2.45) is 11.8 Å². The normalized spacial score (nSPS) is 41.6. The molecule has 0 aromatic rings. The monoisotopic (exact) mass is 195 g/mol. The van der Waals surface area contributed by atoms with Crippen LogP contribution in [-0.4, -0.2) is 43.2 Å². The number of carbonyl (C=O) groups excluding carboxylic acids is 1. The minimum absolute atomic E-state index is 0.155. The molecule has 0 bridgehead atoms. The summed E-state index contributed by atoms with van der Waals surface area (Å²) >= 11 is 0. The van der Waals surface area contributed by atoms with Gasteiger partial charge in [-0.1, -0.05) is 0 Å². The van der Waals surface area contributed by atoms with E-state index >= 15 is 0 Å². The average molecular weight is 195 g/mol. The molecule has 2 amide bonds. The molecule has 3 fully saturated rings. The fraction of sp³-hybridized carbons (Fsp3) is 0.900. The topological polar surface area (TPSA) is 44.4 Å². The van der Waals surface area contributed by atoms with Gasteiger partial charge in [0.05, 0.1) is 0 Å². The Kier molecular flexibility index (Phi) is 1.90. The van der Waals surface area contributed by atoms with Crippen molar-refractivity contribution >= 4 is 6.03 Å². The van der Waals surface area contributed by atoms with E-state index in [-0.39, 0.29) is 6.03 Å². The predicted octanol–water partition coefficient (Wildman–Crippen LogP) is 0.00960. The Morgan fingerprint density at radius 1 is 1.29 bits per heavy atom. The lowest BCUT2D eigenvalue weighted by Gasteiger charge is -2.27. The summed E-state index contributed by atoms with van der Waals surface area (Å²) in [6, 6.07) is 0.667. The van der Waals surface area contributed by atoms with Gasteiger partial charge in [0.25, 0.3) is 0 Å². The van der Waals surface area contributed by atoms with Gasteiger partial charge < -0.3 is 15.5 Å². The zero-order chi connectivity index (χ0) is 9.54. The molecule has 1 aliphatic carbocycles. The number of hydrogen-bond donors (Lipinski definition) is 2. The summed E-state index contributed by atoms with van der Waals surface area (Å²) in [5.41, 5.74) is 0. The summed E-state index contributed by atoms with van der Waals surface area (Å²) in [5.74, 6) is 1.55. The van der Waals surface area contributed by atoms with Crippen LogP contribution in [0.2, 0.25) is 0 Å². The number of carbonyl (C=O) groups is 1. The molecule has 4 nitrogen and oxygen atoms in total. The fourth-order valence-electron chi connectivity index (χ4n) is 3.31. The van der Waals surface area contributed by atoms with Gasteiger partial charge in [-0.25, -0.2) is 4.79 Å². The maximum absolute atomic E-state index is 11.5. The van der Waals surface area contributed by atoms with E-state index in [2.05, 4.69) is 15.5 Å². The fourth-order valence-corrected chi connectivity index (χ4v) is 3.31. The summed E-state index contributed by atoms with van der Waals surface area (Å²) in [6.07, 6.45) is 2.51. The molecular weight excluding hydrogens is 178 g/mol. The highest BCUT2D eigenvalue weighted by atomic mass is 16.2. The Labute approximate surface area is 84.0 Å². The van der Waals surface area contributed by atoms with E-state index in [0.717, 1.165) is 38.0 Å². The van der Waals surface area contributed by atoms with Crippen LogP contribution in [0.4, 0.5) is 4.79 Å². The second-order valence-electron chi connectivity index (χ2n) is 4.65. The van der Waals surface area contributed by atoms with Gasteiger partial charge >= 0.3 is 6.03 Å². The van der Waals surface area contributed by atoms with Gasteiger partial charge in [-0.15, -0.1) is 0 Å². The first kappa shape index (κ1) is 8.53. The second-order valence-corrected chi connectivity index (χ2v) is 4.65. The standard InChI is InChI=1S/C10H17N3O/c14-10-12-3-4-13(10)9-2-1-7-5-11-6-8(7)9/h7-9,11H,1-6H2,(H,12,14). The summed E-state index contributed by atoms with van der Waals surface area (Å²) in [6.45, 7) is 4.02. The molecule has 2 saturated heterocycles. The van der Waals surface area contributed by atoms with E-state index in [9.17, 15) is 4.79 Å². The lowest BCUT2D eigenvalue weighted by Crippen LogP contribution is -2.41. The van der Waals surface area contributed by atoms with Gasteiger partial charge in [-0.05, 0) is 31.2 Å². The average Bonchev–Trinajstić information content (AvgIpc) is 2.78. The highest BCUT2D eigenvalue weighted by molar-refractivity contribution is 5.76. The Morgan fingerprint density at radius 3 is 3.00 bits per heavy atom.